The van der Waals surface area contributed by atoms with Crippen molar-refractivity contribution < 1.29 is 9.18 Å². The number of nitrogens with one attached hydrogen (secondary N) is 2. The van der Waals surface area contributed by atoms with Gasteiger partial charge in [-0.25, -0.2) is 4.39 Å². The van der Waals surface area contributed by atoms with Crippen molar-refractivity contribution in [3.8, 4) is 11.4 Å². The minimum atomic E-state index is -0.306. The Morgan fingerprint density at radius 1 is 1.23 bits per heavy atom. The van der Waals surface area contributed by atoms with Gasteiger partial charge in [-0.05, 0) is 43.8 Å². The second kappa shape index (κ2) is 7.61. The second-order valence-corrected chi connectivity index (χ2v) is 6.53. The first-order valence-corrected chi connectivity index (χ1v) is 8.62. The number of amides is 1. The van der Waals surface area contributed by atoms with Crippen molar-refractivity contribution in [1.29, 1.82) is 0 Å². The summed E-state index contributed by atoms with van der Waals surface area (Å²) in [6.07, 6.45) is 0. The molecule has 0 radical (unpaired) electrons. The Balaban J connectivity index is 1.75. The summed E-state index contributed by atoms with van der Waals surface area (Å²) in [6, 6.07) is 13.7. The molecule has 7 heteroatoms. The number of hydrogen-bond acceptors (Lipinski definition) is 3. The van der Waals surface area contributed by atoms with Crippen molar-refractivity contribution in [2.45, 2.75) is 26.4 Å². The molecule has 0 saturated carbocycles. The molecule has 0 aliphatic heterocycles. The molecule has 0 bridgehead atoms. The number of halogens is 1. The van der Waals surface area contributed by atoms with Crippen LogP contribution in [0.3, 0.4) is 0 Å². The molecule has 0 fully saturated rings. The van der Waals surface area contributed by atoms with Gasteiger partial charge in [0.2, 0.25) is 5.91 Å². The van der Waals surface area contributed by atoms with E-state index < -0.39 is 0 Å². The van der Waals surface area contributed by atoms with E-state index in [1.165, 1.54) is 12.1 Å². The minimum absolute atomic E-state index is 0.0457. The first-order valence-electron chi connectivity index (χ1n) is 8.21. The van der Waals surface area contributed by atoms with Crippen LogP contribution in [0.2, 0.25) is 0 Å². The number of nitrogens with zero attached hydrogens (tertiary/aromatic N) is 2. The summed E-state index contributed by atoms with van der Waals surface area (Å²) in [6.45, 7) is 3.90. The van der Waals surface area contributed by atoms with Crippen LogP contribution in [0.1, 0.15) is 24.1 Å². The van der Waals surface area contributed by atoms with Gasteiger partial charge < -0.3 is 5.32 Å². The average Bonchev–Trinajstić information content (AvgIpc) is 2.97. The van der Waals surface area contributed by atoms with E-state index in [2.05, 4.69) is 15.5 Å². The fourth-order valence-corrected chi connectivity index (χ4v) is 2.85. The zero-order valence-corrected chi connectivity index (χ0v) is 15.3. The van der Waals surface area contributed by atoms with E-state index in [0.717, 1.165) is 16.7 Å². The van der Waals surface area contributed by atoms with Crippen LogP contribution in [0, 0.1) is 17.5 Å². The smallest absolute Gasteiger partial charge is 0.240 e. The number of aryl methyl sites for hydroxylation is 1. The highest BCUT2D eigenvalue weighted by molar-refractivity contribution is 7.71. The maximum atomic E-state index is 13.0. The molecule has 1 aromatic heterocycles. The standard InChI is InChI=1S/C19H19FN4OS/c1-12-3-5-15(6-4-12)18-22-23-19(26)24(18)11-17(25)21-13(2)14-7-9-16(20)10-8-14/h3-10,13H,11H2,1-2H3,(H,21,25)(H,23,26)/t13-/m1/s1. The number of H-pyrrole nitrogens is 1. The predicted molar refractivity (Wildman–Crippen MR) is 101 cm³/mol. The molecule has 5 nitrogen and oxygen atoms in total. The van der Waals surface area contributed by atoms with Gasteiger partial charge in [-0.15, -0.1) is 0 Å². The van der Waals surface area contributed by atoms with Crippen molar-refractivity contribution in [2.24, 2.45) is 0 Å². The number of carbonyl (C=O) groups is 1. The molecule has 134 valence electrons. The highest BCUT2D eigenvalue weighted by Gasteiger charge is 2.14. The molecule has 2 aromatic carbocycles. The van der Waals surface area contributed by atoms with Crippen LogP contribution in [-0.2, 0) is 11.3 Å². The molecule has 1 amide bonds. The molecule has 2 N–H and O–H groups in total. The maximum Gasteiger partial charge on any atom is 0.240 e. The van der Waals surface area contributed by atoms with Gasteiger partial charge in [0, 0.05) is 5.56 Å². The molecule has 1 heterocycles. The van der Waals surface area contributed by atoms with E-state index in [9.17, 15) is 9.18 Å². The summed E-state index contributed by atoms with van der Waals surface area (Å²) in [7, 11) is 0. The Morgan fingerprint density at radius 2 is 1.88 bits per heavy atom. The summed E-state index contributed by atoms with van der Waals surface area (Å²) in [5.74, 6) is 0.104. The van der Waals surface area contributed by atoms with Crippen molar-refractivity contribution >= 4 is 18.1 Å². The van der Waals surface area contributed by atoms with Crippen molar-refractivity contribution in [3.63, 3.8) is 0 Å². The molecule has 3 aromatic rings. The van der Waals surface area contributed by atoms with Gasteiger partial charge in [0.25, 0.3) is 0 Å². The first-order chi connectivity index (χ1) is 12.4. The van der Waals surface area contributed by atoms with Gasteiger partial charge in [-0.1, -0.05) is 42.0 Å². The van der Waals surface area contributed by atoms with E-state index in [-0.39, 0.29) is 24.3 Å². The average molecular weight is 370 g/mol. The third-order valence-electron chi connectivity index (χ3n) is 4.12. The summed E-state index contributed by atoms with van der Waals surface area (Å²) in [5, 5.41) is 9.88. The van der Waals surface area contributed by atoms with Crippen LogP contribution in [0.5, 0.6) is 0 Å². The number of aromatic amines is 1. The number of aromatic nitrogens is 3. The highest BCUT2D eigenvalue weighted by atomic mass is 32.1. The Morgan fingerprint density at radius 3 is 2.54 bits per heavy atom. The molecule has 26 heavy (non-hydrogen) atoms. The minimum Gasteiger partial charge on any atom is -0.348 e. The maximum absolute atomic E-state index is 13.0. The monoisotopic (exact) mass is 370 g/mol. The van der Waals surface area contributed by atoms with E-state index >= 15 is 0 Å². The Kier molecular flexibility index (Phi) is 5.27. The molecule has 1 atom stereocenters. The van der Waals surface area contributed by atoms with Crippen LogP contribution >= 0.6 is 12.2 Å². The molecule has 0 aliphatic carbocycles. The SMILES string of the molecule is Cc1ccc(-c2n[nH]c(=S)n2CC(=O)N[C@H](C)c2ccc(F)cc2)cc1. The lowest BCUT2D eigenvalue weighted by Gasteiger charge is -2.15. The predicted octanol–water partition coefficient (Wildman–Crippen LogP) is 3.93. The van der Waals surface area contributed by atoms with E-state index in [0.29, 0.717) is 10.6 Å². The Bertz CT molecular complexity index is 960. The van der Waals surface area contributed by atoms with Gasteiger partial charge in [0.1, 0.15) is 12.4 Å². The highest BCUT2D eigenvalue weighted by Crippen LogP contribution is 2.18. The van der Waals surface area contributed by atoms with Gasteiger partial charge in [0.15, 0.2) is 10.6 Å². The molecular formula is C19H19FN4OS. The quantitative estimate of drug-likeness (QED) is 0.669. The largest absolute Gasteiger partial charge is 0.348 e. The van der Waals surface area contributed by atoms with Crippen LogP contribution in [0.15, 0.2) is 48.5 Å². The third-order valence-corrected chi connectivity index (χ3v) is 4.43. The lowest BCUT2D eigenvalue weighted by atomic mass is 10.1. The number of hydrogen-bond donors (Lipinski definition) is 2. The molecule has 0 aliphatic rings. The molecule has 3 rings (SSSR count). The van der Waals surface area contributed by atoms with Crippen LogP contribution in [-0.4, -0.2) is 20.7 Å². The van der Waals surface area contributed by atoms with Gasteiger partial charge in [-0.3, -0.25) is 14.5 Å². The van der Waals surface area contributed by atoms with E-state index in [1.54, 1.807) is 16.7 Å². The topological polar surface area (TPSA) is 62.7 Å². The van der Waals surface area contributed by atoms with Gasteiger partial charge in [-0.2, -0.15) is 5.10 Å². The number of carbonyl (C=O) groups excluding carboxylic acids is 1. The van der Waals surface area contributed by atoms with Crippen molar-refractivity contribution in [3.05, 3.63) is 70.2 Å². The lowest BCUT2D eigenvalue weighted by Crippen LogP contribution is -2.30. The summed E-state index contributed by atoms with van der Waals surface area (Å²) in [5.41, 5.74) is 2.84. The van der Waals surface area contributed by atoms with Crippen molar-refractivity contribution in [1.82, 2.24) is 20.1 Å². The molecule has 0 saturated heterocycles. The zero-order chi connectivity index (χ0) is 18.7. The Labute approximate surface area is 155 Å². The first kappa shape index (κ1) is 18.0. The summed E-state index contributed by atoms with van der Waals surface area (Å²) in [4.78, 5) is 12.5. The van der Waals surface area contributed by atoms with E-state index in [4.69, 9.17) is 12.2 Å². The number of benzene rings is 2. The van der Waals surface area contributed by atoms with Gasteiger partial charge >= 0.3 is 0 Å². The number of rotatable bonds is 5. The second-order valence-electron chi connectivity index (χ2n) is 6.15. The van der Waals surface area contributed by atoms with E-state index in [1.807, 2.05) is 38.1 Å². The molecule has 0 spiro atoms. The van der Waals surface area contributed by atoms with Crippen LogP contribution < -0.4 is 5.32 Å². The molecule has 0 unspecified atom stereocenters. The summed E-state index contributed by atoms with van der Waals surface area (Å²) >= 11 is 5.26. The van der Waals surface area contributed by atoms with Crippen LogP contribution in [0.4, 0.5) is 4.39 Å². The third kappa shape index (κ3) is 4.05. The Hall–Kier alpha value is -2.80. The fourth-order valence-electron chi connectivity index (χ4n) is 2.65. The van der Waals surface area contributed by atoms with Crippen molar-refractivity contribution in [2.75, 3.05) is 0 Å². The summed E-state index contributed by atoms with van der Waals surface area (Å²) < 4.78 is 15.1. The zero-order valence-electron chi connectivity index (χ0n) is 14.5. The van der Waals surface area contributed by atoms with Crippen LogP contribution in [0.25, 0.3) is 11.4 Å². The normalized spacial score (nSPS) is 12.0. The fraction of sp³-hybridized carbons (Fsp3) is 0.211. The molecular weight excluding hydrogens is 351 g/mol. The van der Waals surface area contributed by atoms with Gasteiger partial charge in [0.05, 0.1) is 6.04 Å². The lowest BCUT2D eigenvalue weighted by molar-refractivity contribution is -0.122.